The first kappa shape index (κ1) is 23.4. The van der Waals surface area contributed by atoms with Gasteiger partial charge in [0.2, 0.25) is 5.91 Å². The van der Waals surface area contributed by atoms with Crippen molar-refractivity contribution in [2.24, 2.45) is 0 Å². The van der Waals surface area contributed by atoms with Gasteiger partial charge in [0.15, 0.2) is 11.9 Å². The minimum absolute atomic E-state index is 0.123. The van der Waals surface area contributed by atoms with Gasteiger partial charge in [-0.25, -0.2) is 4.18 Å². The van der Waals surface area contributed by atoms with E-state index in [2.05, 4.69) is 9.50 Å². The van der Waals surface area contributed by atoms with Crippen LogP contribution in [0.4, 0.5) is 5.69 Å². The van der Waals surface area contributed by atoms with Crippen LogP contribution in [0, 0.1) is 10.1 Å². The molecular formula is C14H18N2O11S. The number of benzene rings is 1. The molecule has 1 rings (SSSR count). The third-order valence-corrected chi connectivity index (χ3v) is 3.75. The van der Waals surface area contributed by atoms with Crippen molar-refractivity contribution in [1.29, 1.82) is 0 Å². The van der Waals surface area contributed by atoms with E-state index in [4.69, 9.17) is 9.29 Å². The smallest absolute Gasteiger partial charge is 0.397 e. The summed E-state index contributed by atoms with van der Waals surface area (Å²) in [7, 11) is -4.96. The molecule has 13 nitrogen and oxygen atoms in total. The maximum Gasteiger partial charge on any atom is 0.397 e. The molecule has 0 unspecified atom stereocenters. The average Bonchev–Trinajstić information content (AvgIpc) is 2.61. The van der Waals surface area contributed by atoms with Crippen LogP contribution in [0.3, 0.4) is 0 Å². The molecule has 0 saturated heterocycles. The Bertz CT molecular complexity index is 813. The second-order valence-corrected chi connectivity index (χ2v) is 6.53. The van der Waals surface area contributed by atoms with Crippen LogP contribution >= 0.6 is 0 Å². The molecule has 0 spiro atoms. The molecule has 156 valence electrons. The number of amides is 1. The number of aliphatic hydroxyl groups is 2. The molecule has 0 aliphatic heterocycles. The predicted octanol–water partition coefficient (Wildman–Crippen LogP) is -1.41. The Labute approximate surface area is 159 Å². The Balaban J connectivity index is 3.21. The number of hydrogen-bond donors (Lipinski definition) is 4. The summed E-state index contributed by atoms with van der Waals surface area (Å²) < 4.78 is 39.2. The fourth-order valence-electron chi connectivity index (χ4n) is 2.12. The number of aliphatic hydroxyl groups excluding tert-OH is 2. The van der Waals surface area contributed by atoms with Gasteiger partial charge in [0.25, 0.3) is 0 Å². The molecule has 1 aromatic carbocycles. The number of nitro groups is 1. The van der Waals surface area contributed by atoms with E-state index in [9.17, 15) is 38.3 Å². The van der Waals surface area contributed by atoms with Gasteiger partial charge < -0.3 is 25.1 Å². The van der Waals surface area contributed by atoms with Crippen molar-refractivity contribution >= 4 is 28.3 Å². The number of para-hydroxylation sites is 2. The summed E-state index contributed by atoms with van der Waals surface area (Å²) in [5, 5.41) is 33.6. The molecule has 0 aromatic heterocycles. The van der Waals surface area contributed by atoms with Crippen LogP contribution in [0.25, 0.3) is 0 Å². The first-order valence-corrected chi connectivity index (χ1v) is 8.93. The fraction of sp³-hybridized carbons (Fsp3) is 0.429. The average molecular weight is 422 g/mol. The zero-order valence-corrected chi connectivity index (χ0v) is 15.2. The van der Waals surface area contributed by atoms with Gasteiger partial charge >= 0.3 is 16.1 Å². The summed E-state index contributed by atoms with van der Waals surface area (Å²) in [4.78, 5) is 32.6. The van der Waals surface area contributed by atoms with E-state index in [1.165, 1.54) is 12.1 Å². The third kappa shape index (κ3) is 7.16. The molecule has 0 heterocycles. The highest BCUT2D eigenvalue weighted by molar-refractivity contribution is 7.80. The van der Waals surface area contributed by atoms with Crippen molar-refractivity contribution in [2.45, 2.75) is 31.3 Å². The Kier molecular flexibility index (Phi) is 8.39. The van der Waals surface area contributed by atoms with Crippen molar-refractivity contribution in [3.8, 4) is 5.75 Å². The molecule has 0 radical (unpaired) electrons. The quantitative estimate of drug-likeness (QED) is 0.141. The number of hydrogen-bond acceptors (Lipinski definition) is 10. The highest BCUT2D eigenvalue weighted by Gasteiger charge is 2.37. The SMILES string of the molecule is CC(=O)N[C@@H](C=O)[C@@H](O)[C@H](Oc1ccccc1[N+](=O)[O-])[C@H](O)COS(=O)(=O)O. The number of rotatable bonds is 11. The first-order valence-electron chi connectivity index (χ1n) is 7.56. The number of carbonyl (C=O) groups excluding carboxylic acids is 2. The molecule has 0 saturated carbocycles. The molecule has 14 heteroatoms. The van der Waals surface area contributed by atoms with Crippen molar-refractivity contribution in [3.05, 3.63) is 34.4 Å². The molecule has 28 heavy (non-hydrogen) atoms. The fourth-order valence-corrected chi connectivity index (χ4v) is 2.43. The number of ether oxygens (including phenoxy) is 1. The van der Waals surface area contributed by atoms with E-state index >= 15 is 0 Å². The molecule has 1 aromatic rings. The van der Waals surface area contributed by atoms with Gasteiger partial charge in [0.05, 0.1) is 11.5 Å². The molecule has 0 bridgehead atoms. The van der Waals surface area contributed by atoms with Crippen LogP contribution < -0.4 is 10.1 Å². The Morgan fingerprint density at radius 2 is 1.96 bits per heavy atom. The maximum atomic E-state index is 11.2. The zero-order chi connectivity index (χ0) is 21.5. The van der Waals surface area contributed by atoms with Crippen molar-refractivity contribution in [1.82, 2.24) is 5.32 Å². The number of nitrogens with zero attached hydrogens (tertiary/aromatic N) is 1. The Morgan fingerprint density at radius 1 is 1.36 bits per heavy atom. The van der Waals surface area contributed by atoms with E-state index in [0.29, 0.717) is 0 Å². The summed E-state index contributed by atoms with van der Waals surface area (Å²) >= 11 is 0. The minimum Gasteiger partial charge on any atom is -0.478 e. The van der Waals surface area contributed by atoms with E-state index in [-0.39, 0.29) is 6.29 Å². The predicted molar refractivity (Wildman–Crippen MR) is 90.7 cm³/mol. The standard InChI is InChI=1S/C14H18N2O11S/c1-8(18)15-9(6-17)13(20)14(11(19)7-26-28(23,24)25)27-12-5-3-2-4-10(12)16(21)22/h2-6,9,11,13-14,19-20H,7H2,1H3,(H,15,18)(H,23,24,25)/t9-,11+,13+,14+/m0/s1. The van der Waals surface area contributed by atoms with E-state index < -0.39 is 63.6 Å². The Morgan fingerprint density at radius 3 is 2.46 bits per heavy atom. The molecular weight excluding hydrogens is 404 g/mol. The van der Waals surface area contributed by atoms with Gasteiger partial charge in [-0.1, -0.05) is 12.1 Å². The van der Waals surface area contributed by atoms with Crippen molar-refractivity contribution in [3.63, 3.8) is 0 Å². The second kappa shape index (κ2) is 10.0. The summed E-state index contributed by atoms with van der Waals surface area (Å²) in [6, 6.07) is 3.25. The second-order valence-electron chi connectivity index (χ2n) is 5.44. The highest BCUT2D eigenvalue weighted by Crippen LogP contribution is 2.28. The van der Waals surface area contributed by atoms with Gasteiger partial charge in [0, 0.05) is 13.0 Å². The monoisotopic (exact) mass is 422 g/mol. The van der Waals surface area contributed by atoms with Gasteiger partial charge in [-0.15, -0.1) is 0 Å². The number of carbonyl (C=O) groups is 2. The van der Waals surface area contributed by atoms with Crippen LogP contribution in [0.2, 0.25) is 0 Å². The van der Waals surface area contributed by atoms with Crippen LogP contribution in [0.15, 0.2) is 24.3 Å². The van der Waals surface area contributed by atoms with Gasteiger partial charge in [0.1, 0.15) is 24.5 Å². The molecule has 0 aliphatic rings. The molecule has 1 amide bonds. The van der Waals surface area contributed by atoms with Crippen LogP contribution in [-0.4, -0.2) is 71.3 Å². The van der Waals surface area contributed by atoms with E-state index in [1.807, 2.05) is 0 Å². The number of aldehydes is 1. The lowest BCUT2D eigenvalue weighted by molar-refractivity contribution is -0.386. The zero-order valence-electron chi connectivity index (χ0n) is 14.4. The van der Waals surface area contributed by atoms with E-state index in [0.717, 1.165) is 19.1 Å². The number of nitro benzene ring substituents is 1. The van der Waals surface area contributed by atoms with Crippen LogP contribution in [0.1, 0.15) is 6.92 Å². The van der Waals surface area contributed by atoms with Crippen molar-refractivity contribution < 1.29 is 46.6 Å². The molecule has 4 atom stereocenters. The lowest BCUT2D eigenvalue weighted by atomic mass is 10.0. The summed E-state index contributed by atoms with van der Waals surface area (Å²) in [5.74, 6) is -1.14. The number of nitrogens with one attached hydrogen (secondary N) is 1. The van der Waals surface area contributed by atoms with Crippen molar-refractivity contribution in [2.75, 3.05) is 6.61 Å². The maximum absolute atomic E-state index is 11.2. The first-order chi connectivity index (χ1) is 13.0. The van der Waals surface area contributed by atoms with Crippen LogP contribution in [-0.2, 0) is 24.2 Å². The van der Waals surface area contributed by atoms with E-state index in [1.54, 1.807) is 0 Å². The summed E-state index contributed by atoms with van der Waals surface area (Å²) in [6.07, 6.45) is -5.71. The minimum atomic E-state index is -4.96. The third-order valence-electron chi connectivity index (χ3n) is 3.31. The summed E-state index contributed by atoms with van der Waals surface area (Å²) in [6.45, 7) is -0.0775. The summed E-state index contributed by atoms with van der Waals surface area (Å²) in [5.41, 5.74) is -0.551. The van der Waals surface area contributed by atoms with Gasteiger partial charge in [-0.2, -0.15) is 8.42 Å². The Hall–Kier alpha value is -2.65. The lowest BCUT2D eigenvalue weighted by Crippen LogP contribution is -2.55. The van der Waals surface area contributed by atoms with Gasteiger partial charge in [-0.05, 0) is 6.07 Å². The molecule has 0 fully saturated rings. The molecule has 4 N–H and O–H groups in total. The lowest BCUT2D eigenvalue weighted by Gasteiger charge is -2.30. The largest absolute Gasteiger partial charge is 0.478 e. The normalized spacial score (nSPS) is 15.7. The highest BCUT2D eigenvalue weighted by atomic mass is 32.3. The van der Waals surface area contributed by atoms with Gasteiger partial charge in [-0.3, -0.25) is 19.5 Å². The topological polar surface area (TPSA) is 203 Å². The van der Waals surface area contributed by atoms with Crippen LogP contribution in [0.5, 0.6) is 5.75 Å². The molecule has 0 aliphatic carbocycles.